The number of hydrogen-bond donors (Lipinski definition) is 2. The van der Waals surface area contributed by atoms with Gasteiger partial charge in [0.1, 0.15) is 5.75 Å². The molecule has 1 heterocycles. The summed E-state index contributed by atoms with van der Waals surface area (Å²) in [6, 6.07) is 11.1. The fourth-order valence-electron chi connectivity index (χ4n) is 4.74. The molecule has 0 bridgehead atoms. The molecule has 46 heavy (non-hydrogen) atoms. The van der Waals surface area contributed by atoms with Gasteiger partial charge in [-0.05, 0) is 57.2 Å². The van der Waals surface area contributed by atoms with Crippen molar-refractivity contribution < 1.29 is 38.1 Å². The monoisotopic (exact) mass is 659 g/mol. The molecule has 1 aromatic heterocycles. The number of rotatable bonds is 19. The molecule has 0 aliphatic carbocycles. The van der Waals surface area contributed by atoms with E-state index in [4.69, 9.17) is 35.5 Å². The molecule has 0 radical (unpaired) electrons. The van der Waals surface area contributed by atoms with Gasteiger partial charge in [0.2, 0.25) is 5.91 Å². The smallest absolute Gasteiger partial charge is 0.320 e. The van der Waals surface area contributed by atoms with Crippen LogP contribution < -0.4 is 15.4 Å². The molecule has 0 unspecified atom stereocenters. The van der Waals surface area contributed by atoms with Crippen molar-refractivity contribution in [2.75, 3.05) is 84.6 Å². The largest absolute Gasteiger partial charge is 0.497 e. The summed E-state index contributed by atoms with van der Waals surface area (Å²) in [5.74, 6) is -1.11. The maximum absolute atomic E-state index is 13.0. The van der Waals surface area contributed by atoms with Gasteiger partial charge in [-0.3, -0.25) is 29.0 Å². The second-order valence-corrected chi connectivity index (χ2v) is 10.6. The highest BCUT2D eigenvalue weighted by Crippen LogP contribution is 2.34. The number of nitrogens with one attached hydrogen (secondary N) is 2. The molecule has 250 valence electrons. The molecule has 13 nitrogen and oxygen atoms in total. The topological polar surface area (TPSA) is 149 Å². The van der Waals surface area contributed by atoms with E-state index in [0.717, 1.165) is 27.5 Å². The number of hydrogen-bond acceptors (Lipinski definition) is 12. The molecule has 2 aromatic carbocycles. The molecule has 3 rings (SSSR count). The van der Waals surface area contributed by atoms with Crippen LogP contribution in [0, 0.1) is 0 Å². The fourth-order valence-corrected chi connectivity index (χ4v) is 4.91. The molecule has 0 saturated heterocycles. The van der Waals surface area contributed by atoms with Crippen molar-refractivity contribution in [3.63, 3.8) is 0 Å². The number of amides is 1. The standard InChI is InChI=1S/C32H42ClN5O8/c1-5-44-29(40)19-37(14-15-38(20-30(41)45-6-2)21-31(42)46-7-3)18-28(39)34-12-13-35-32-24-10-8-22(33)16-27(24)36-26-11-9-23(43-4)17-25(26)32/h8-11,16-17H,5-7,12-15,18-21H2,1-4H3,(H,34,39)(H,35,36). The van der Waals surface area contributed by atoms with E-state index in [1.807, 2.05) is 24.3 Å². The summed E-state index contributed by atoms with van der Waals surface area (Å²) >= 11 is 6.23. The zero-order chi connectivity index (χ0) is 33.5. The summed E-state index contributed by atoms with van der Waals surface area (Å²) in [6.45, 7) is 6.20. The summed E-state index contributed by atoms with van der Waals surface area (Å²) in [5, 5.41) is 8.60. The Morgan fingerprint density at radius 3 is 1.89 bits per heavy atom. The predicted molar refractivity (Wildman–Crippen MR) is 175 cm³/mol. The first kappa shape index (κ1) is 36.3. The van der Waals surface area contributed by atoms with Crippen molar-refractivity contribution in [1.29, 1.82) is 0 Å². The van der Waals surface area contributed by atoms with Crippen LogP contribution in [-0.2, 0) is 33.4 Å². The third-order valence-electron chi connectivity index (χ3n) is 6.77. The predicted octanol–water partition coefficient (Wildman–Crippen LogP) is 2.87. The Labute approximate surface area is 273 Å². The highest BCUT2D eigenvalue weighted by atomic mass is 35.5. The van der Waals surface area contributed by atoms with Crippen LogP contribution in [0.3, 0.4) is 0 Å². The van der Waals surface area contributed by atoms with Crippen LogP contribution in [0.25, 0.3) is 21.8 Å². The highest BCUT2D eigenvalue weighted by molar-refractivity contribution is 6.31. The molecule has 0 saturated carbocycles. The lowest BCUT2D eigenvalue weighted by Gasteiger charge is -2.25. The Kier molecular flexibility index (Phi) is 14.7. The summed E-state index contributed by atoms with van der Waals surface area (Å²) in [7, 11) is 1.60. The van der Waals surface area contributed by atoms with Crippen molar-refractivity contribution in [3.05, 3.63) is 41.4 Å². The quantitative estimate of drug-likeness (QED) is 0.0844. The summed E-state index contributed by atoms with van der Waals surface area (Å²) in [5.41, 5.74) is 2.32. The number of aromatic nitrogens is 1. The van der Waals surface area contributed by atoms with E-state index in [-0.39, 0.29) is 71.5 Å². The second kappa shape index (κ2) is 18.7. The van der Waals surface area contributed by atoms with Crippen LogP contribution in [0.2, 0.25) is 5.02 Å². The number of esters is 3. The van der Waals surface area contributed by atoms with Crippen LogP contribution in [0.1, 0.15) is 20.8 Å². The molecule has 14 heteroatoms. The molecule has 0 aliphatic heterocycles. The van der Waals surface area contributed by atoms with Crippen molar-refractivity contribution in [2.45, 2.75) is 20.8 Å². The number of fused-ring (bicyclic) bond motifs is 2. The Hall–Kier alpha value is -4.20. The van der Waals surface area contributed by atoms with Crippen LogP contribution in [0.4, 0.5) is 5.69 Å². The van der Waals surface area contributed by atoms with Crippen molar-refractivity contribution in [2.24, 2.45) is 0 Å². The number of pyridine rings is 1. The van der Waals surface area contributed by atoms with Crippen LogP contribution in [-0.4, -0.2) is 118 Å². The molecular formula is C32H42ClN5O8. The van der Waals surface area contributed by atoms with Crippen molar-refractivity contribution >= 4 is 62.9 Å². The molecule has 3 aromatic rings. The molecule has 0 atom stereocenters. The van der Waals surface area contributed by atoms with Gasteiger partial charge in [0.25, 0.3) is 0 Å². The number of nitrogens with zero attached hydrogens (tertiary/aromatic N) is 3. The number of methoxy groups -OCH3 is 1. The van der Waals surface area contributed by atoms with E-state index < -0.39 is 17.9 Å². The van der Waals surface area contributed by atoms with Gasteiger partial charge in [-0.15, -0.1) is 0 Å². The molecule has 0 spiro atoms. The average molecular weight is 660 g/mol. The Morgan fingerprint density at radius 1 is 0.739 bits per heavy atom. The first-order valence-corrected chi connectivity index (χ1v) is 15.5. The molecule has 1 amide bonds. The summed E-state index contributed by atoms with van der Waals surface area (Å²) < 4.78 is 20.6. The normalized spacial score (nSPS) is 11.1. The van der Waals surface area contributed by atoms with Crippen molar-refractivity contribution in [3.8, 4) is 5.75 Å². The van der Waals surface area contributed by atoms with E-state index in [1.54, 1.807) is 49.8 Å². The summed E-state index contributed by atoms with van der Waals surface area (Å²) in [6.07, 6.45) is 0. The van der Waals surface area contributed by atoms with Crippen LogP contribution in [0.15, 0.2) is 36.4 Å². The lowest BCUT2D eigenvalue weighted by Crippen LogP contribution is -2.46. The maximum Gasteiger partial charge on any atom is 0.320 e. The van der Waals surface area contributed by atoms with Gasteiger partial charge in [-0.2, -0.15) is 0 Å². The van der Waals surface area contributed by atoms with Gasteiger partial charge < -0.3 is 29.6 Å². The number of ether oxygens (including phenoxy) is 4. The van der Waals surface area contributed by atoms with Crippen LogP contribution in [0.5, 0.6) is 5.75 Å². The van der Waals surface area contributed by atoms with Crippen molar-refractivity contribution in [1.82, 2.24) is 20.1 Å². The minimum Gasteiger partial charge on any atom is -0.497 e. The molecular weight excluding hydrogens is 618 g/mol. The number of anilines is 1. The lowest BCUT2D eigenvalue weighted by atomic mass is 10.1. The Morgan fingerprint density at radius 2 is 1.33 bits per heavy atom. The van der Waals surface area contributed by atoms with E-state index in [0.29, 0.717) is 17.3 Å². The first-order chi connectivity index (χ1) is 22.2. The van der Waals surface area contributed by atoms with Crippen LogP contribution >= 0.6 is 11.6 Å². The average Bonchev–Trinajstić information content (AvgIpc) is 3.01. The highest BCUT2D eigenvalue weighted by Gasteiger charge is 2.20. The number of carbonyl (C=O) groups is 4. The summed E-state index contributed by atoms with van der Waals surface area (Å²) in [4.78, 5) is 57.4. The van der Waals surface area contributed by atoms with Gasteiger partial charge in [-0.1, -0.05) is 11.6 Å². The van der Waals surface area contributed by atoms with E-state index in [9.17, 15) is 19.2 Å². The van der Waals surface area contributed by atoms with Gasteiger partial charge in [0.15, 0.2) is 0 Å². The third kappa shape index (κ3) is 11.3. The third-order valence-corrected chi connectivity index (χ3v) is 7.00. The van der Waals surface area contributed by atoms with E-state index in [2.05, 4.69) is 10.6 Å². The number of carbonyl (C=O) groups excluding carboxylic acids is 4. The van der Waals surface area contributed by atoms with E-state index >= 15 is 0 Å². The van der Waals surface area contributed by atoms with Gasteiger partial charge in [0, 0.05) is 42.0 Å². The number of benzene rings is 2. The lowest BCUT2D eigenvalue weighted by molar-refractivity contribution is -0.149. The zero-order valence-electron chi connectivity index (χ0n) is 26.7. The van der Waals surface area contributed by atoms with E-state index in [1.165, 1.54) is 0 Å². The van der Waals surface area contributed by atoms with Gasteiger partial charge in [0.05, 0.1) is 69.8 Å². The fraction of sp³-hybridized carbons (Fsp3) is 0.469. The molecule has 0 fully saturated rings. The minimum absolute atomic E-state index is 0.109. The van der Waals surface area contributed by atoms with Gasteiger partial charge >= 0.3 is 17.9 Å². The Balaban J connectivity index is 1.65. The molecule has 0 aliphatic rings. The zero-order valence-corrected chi connectivity index (χ0v) is 27.5. The first-order valence-electron chi connectivity index (χ1n) is 15.2. The maximum atomic E-state index is 13.0. The molecule has 2 N–H and O–H groups in total. The SMILES string of the molecule is CCOC(=O)CN(CCN(CC(=O)OCC)CC(=O)OCC)CC(=O)NCCNc1c2ccc(Cl)cc2nc2ccc(OC)cc12. The Bertz CT molecular complexity index is 1480. The number of halogens is 1. The second-order valence-electron chi connectivity index (χ2n) is 10.1. The van der Waals surface area contributed by atoms with Gasteiger partial charge in [-0.25, -0.2) is 4.98 Å². The minimum atomic E-state index is -0.495.